The van der Waals surface area contributed by atoms with Crippen LogP contribution in [0.5, 0.6) is 5.75 Å². The summed E-state index contributed by atoms with van der Waals surface area (Å²) < 4.78 is 5.42. The van der Waals surface area contributed by atoms with E-state index in [1.165, 1.54) is 18.4 Å². The molecule has 0 aromatic heterocycles. The third-order valence-electron chi connectivity index (χ3n) is 3.14. The summed E-state index contributed by atoms with van der Waals surface area (Å²) in [6, 6.07) is 8.66. The standard InChI is InChI=1S/C15H25NO/c1-12(2)8-7-10-14(16-3)13-9-5-6-11-15(13)17-4/h5-6,9,11-12,14,16H,7-8,10H2,1-4H3. The first-order valence-electron chi connectivity index (χ1n) is 6.49. The molecule has 0 aliphatic carbocycles. The first kappa shape index (κ1) is 14.0. The van der Waals surface area contributed by atoms with Crippen molar-refractivity contribution in [1.29, 1.82) is 0 Å². The van der Waals surface area contributed by atoms with Gasteiger partial charge in [-0.1, -0.05) is 44.9 Å². The van der Waals surface area contributed by atoms with E-state index in [-0.39, 0.29) is 0 Å². The summed E-state index contributed by atoms with van der Waals surface area (Å²) in [5.74, 6) is 1.77. The summed E-state index contributed by atoms with van der Waals surface area (Å²) in [5, 5.41) is 3.39. The van der Waals surface area contributed by atoms with Gasteiger partial charge in [0.25, 0.3) is 0 Å². The highest BCUT2D eigenvalue weighted by molar-refractivity contribution is 5.35. The van der Waals surface area contributed by atoms with E-state index in [1.54, 1.807) is 7.11 Å². The van der Waals surface area contributed by atoms with Gasteiger partial charge in [0, 0.05) is 11.6 Å². The van der Waals surface area contributed by atoms with Gasteiger partial charge >= 0.3 is 0 Å². The lowest BCUT2D eigenvalue weighted by molar-refractivity contribution is 0.394. The van der Waals surface area contributed by atoms with Crippen molar-refractivity contribution in [2.45, 2.75) is 39.2 Å². The third kappa shape index (κ3) is 4.39. The zero-order chi connectivity index (χ0) is 12.7. The van der Waals surface area contributed by atoms with Crippen molar-refractivity contribution in [1.82, 2.24) is 5.32 Å². The van der Waals surface area contributed by atoms with Crippen LogP contribution in [0.25, 0.3) is 0 Å². The van der Waals surface area contributed by atoms with Crippen molar-refractivity contribution >= 4 is 0 Å². The summed E-state index contributed by atoms with van der Waals surface area (Å²) in [4.78, 5) is 0. The Labute approximate surface area is 105 Å². The van der Waals surface area contributed by atoms with Crippen LogP contribution in [0.3, 0.4) is 0 Å². The molecule has 1 rings (SSSR count). The molecular formula is C15H25NO. The number of nitrogens with one attached hydrogen (secondary N) is 1. The van der Waals surface area contributed by atoms with Crippen LogP contribution in [0.2, 0.25) is 0 Å². The number of methoxy groups -OCH3 is 1. The van der Waals surface area contributed by atoms with E-state index in [1.807, 2.05) is 19.2 Å². The number of hydrogen-bond acceptors (Lipinski definition) is 2. The first-order valence-corrected chi connectivity index (χ1v) is 6.49. The topological polar surface area (TPSA) is 21.3 Å². The van der Waals surface area contributed by atoms with Crippen molar-refractivity contribution in [3.63, 3.8) is 0 Å². The molecule has 0 amide bonds. The van der Waals surface area contributed by atoms with Gasteiger partial charge in [-0.15, -0.1) is 0 Å². The maximum atomic E-state index is 5.42. The minimum Gasteiger partial charge on any atom is -0.496 e. The van der Waals surface area contributed by atoms with Crippen molar-refractivity contribution in [3.8, 4) is 5.75 Å². The highest BCUT2D eigenvalue weighted by Gasteiger charge is 2.13. The second kappa shape index (κ2) is 7.33. The largest absolute Gasteiger partial charge is 0.496 e. The third-order valence-corrected chi connectivity index (χ3v) is 3.14. The van der Waals surface area contributed by atoms with Crippen molar-refractivity contribution in [3.05, 3.63) is 29.8 Å². The minimum atomic E-state index is 0.393. The molecule has 96 valence electrons. The molecule has 1 aromatic rings. The molecule has 2 nitrogen and oxygen atoms in total. The van der Waals surface area contributed by atoms with Crippen LogP contribution < -0.4 is 10.1 Å². The van der Waals surface area contributed by atoms with Gasteiger partial charge in [-0.25, -0.2) is 0 Å². The first-order chi connectivity index (χ1) is 8.19. The van der Waals surface area contributed by atoms with Gasteiger partial charge in [-0.3, -0.25) is 0 Å². The molecule has 0 aliphatic rings. The zero-order valence-electron chi connectivity index (χ0n) is 11.5. The van der Waals surface area contributed by atoms with Gasteiger partial charge in [0.1, 0.15) is 5.75 Å². The average Bonchev–Trinajstić information content (AvgIpc) is 2.34. The molecule has 2 heteroatoms. The zero-order valence-corrected chi connectivity index (χ0v) is 11.5. The molecule has 0 bridgehead atoms. The van der Waals surface area contributed by atoms with Gasteiger partial charge in [0.2, 0.25) is 0 Å². The van der Waals surface area contributed by atoms with E-state index in [0.29, 0.717) is 6.04 Å². The molecule has 0 saturated heterocycles. The Hall–Kier alpha value is -1.02. The predicted octanol–water partition coefficient (Wildman–Crippen LogP) is 3.78. The minimum absolute atomic E-state index is 0.393. The van der Waals surface area contributed by atoms with E-state index < -0.39 is 0 Å². The van der Waals surface area contributed by atoms with Crippen molar-refractivity contribution in [2.75, 3.05) is 14.2 Å². The van der Waals surface area contributed by atoms with Crippen LogP contribution in [0, 0.1) is 5.92 Å². The Balaban J connectivity index is 2.65. The Kier molecular flexibility index (Phi) is 6.06. The fraction of sp³-hybridized carbons (Fsp3) is 0.600. The quantitative estimate of drug-likeness (QED) is 0.776. The summed E-state index contributed by atoms with van der Waals surface area (Å²) in [6.45, 7) is 4.55. The van der Waals surface area contributed by atoms with E-state index in [2.05, 4.69) is 31.3 Å². The number of rotatable bonds is 7. The van der Waals surface area contributed by atoms with E-state index in [9.17, 15) is 0 Å². The molecule has 0 fully saturated rings. The van der Waals surface area contributed by atoms with Crippen LogP contribution in [0.15, 0.2) is 24.3 Å². The molecule has 0 radical (unpaired) electrons. The molecule has 0 saturated carbocycles. The lowest BCUT2D eigenvalue weighted by atomic mass is 9.97. The molecule has 17 heavy (non-hydrogen) atoms. The monoisotopic (exact) mass is 235 g/mol. The van der Waals surface area contributed by atoms with Crippen molar-refractivity contribution < 1.29 is 4.74 Å². The molecular weight excluding hydrogens is 210 g/mol. The number of para-hydroxylation sites is 1. The molecule has 1 aromatic carbocycles. The molecule has 1 atom stereocenters. The number of ether oxygens (including phenoxy) is 1. The van der Waals surface area contributed by atoms with Gasteiger partial charge in [-0.05, 0) is 25.5 Å². The fourth-order valence-electron chi connectivity index (χ4n) is 2.14. The maximum Gasteiger partial charge on any atom is 0.123 e. The van der Waals surface area contributed by atoms with E-state index >= 15 is 0 Å². The Morgan fingerprint density at radius 2 is 1.88 bits per heavy atom. The van der Waals surface area contributed by atoms with Gasteiger partial charge in [-0.2, -0.15) is 0 Å². The molecule has 1 N–H and O–H groups in total. The van der Waals surface area contributed by atoms with Crippen LogP contribution in [-0.2, 0) is 0 Å². The fourth-order valence-corrected chi connectivity index (χ4v) is 2.14. The van der Waals surface area contributed by atoms with Gasteiger partial charge in [0.05, 0.1) is 7.11 Å². The van der Waals surface area contributed by atoms with Crippen molar-refractivity contribution in [2.24, 2.45) is 5.92 Å². The van der Waals surface area contributed by atoms with Crippen LogP contribution >= 0.6 is 0 Å². The average molecular weight is 235 g/mol. The maximum absolute atomic E-state index is 5.42. The van der Waals surface area contributed by atoms with E-state index in [0.717, 1.165) is 18.1 Å². The highest BCUT2D eigenvalue weighted by atomic mass is 16.5. The van der Waals surface area contributed by atoms with Gasteiger partial charge in [0.15, 0.2) is 0 Å². The molecule has 0 spiro atoms. The molecule has 0 heterocycles. The predicted molar refractivity (Wildman–Crippen MR) is 73.5 cm³/mol. The Morgan fingerprint density at radius 3 is 2.47 bits per heavy atom. The SMILES string of the molecule is CNC(CCCC(C)C)c1ccccc1OC. The summed E-state index contributed by atoms with van der Waals surface area (Å²) in [6.07, 6.45) is 3.70. The summed E-state index contributed by atoms with van der Waals surface area (Å²) >= 11 is 0. The number of benzene rings is 1. The van der Waals surface area contributed by atoms with Crippen LogP contribution in [0.1, 0.15) is 44.7 Å². The van der Waals surface area contributed by atoms with E-state index in [4.69, 9.17) is 4.74 Å². The summed E-state index contributed by atoms with van der Waals surface area (Å²) in [7, 11) is 3.76. The van der Waals surface area contributed by atoms with Crippen LogP contribution in [-0.4, -0.2) is 14.2 Å². The Bertz CT molecular complexity index is 322. The number of hydrogen-bond donors (Lipinski definition) is 1. The second-order valence-electron chi connectivity index (χ2n) is 4.91. The lowest BCUT2D eigenvalue weighted by Gasteiger charge is -2.19. The summed E-state index contributed by atoms with van der Waals surface area (Å²) in [5.41, 5.74) is 1.27. The highest BCUT2D eigenvalue weighted by Crippen LogP contribution is 2.28. The van der Waals surface area contributed by atoms with Gasteiger partial charge < -0.3 is 10.1 Å². The smallest absolute Gasteiger partial charge is 0.123 e. The molecule has 0 aliphatic heterocycles. The molecule has 1 unspecified atom stereocenters. The Morgan fingerprint density at radius 1 is 1.18 bits per heavy atom. The lowest BCUT2D eigenvalue weighted by Crippen LogP contribution is -2.17. The normalized spacial score (nSPS) is 12.8. The second-order valence-corrected chi connectivity index (χ2v) is 4.91. The van der Waals surface area contributed by atoms with Crippen LogP contribution in [0.4, 0.5) is 0 Å².